The van der Waals surface area contributed by atoms with E-state index in [1.807, 2.05) is 30.5 Å². The molecule has 0 saturated carbocycles. The Balaban J connectivity index is 0.000000144. The van der Waals surface area contributed by atoms with Crippen LogP contribution in [0, 0.1) is 0 Å². The van der Waals surface area contributed by atoms with E-state index in [1.165, 1.54) is 6.42 Å². The average molecular weight is 204 g/mol. The second kappa shape index (κ2) is 5.29. The normalized spacial score (nSPS) is 16.3. The van der Waals surface area contributed by atoms with E-state index in [0.29, 0.717) is 0 Å². The third-order valence-corrected chi connectivity index (χ3v) is 2.25. The fourth-order valence-electron chi connectivity index (χ4n) is 1.50. The number of hydrogen-bond donors (Lipinski definition) is 2. The molecule has 3 heteroatoms. The van der Waals surface area contributed by atoms with Crippen LogP contribution in [0.1, 0.15) is 6.42 Å². The van der Waals surface area contributed by atoms with Crippen molar-refractivity contribution in [2.75, 3.05) is 25.0 Å². The maximum Gasteiger partial charge on any atom is 0.142 e. The maximum absolute atomic E-state index is 5.36. The second-order valence-electron chi connectivity index (χ2n) is 3.42. The molecule has 80 valence electrons. The van der Waals surface area contributed by atoms with E-state index in [9.17, 15) is 0 Å². The first kappa shape index (κ1) is 9.90. The van der Waals surface area contributed by atoms with Crippen LogP contribution in [-0.4, -0.2) is 19.7 Å². The summed E-state index contributed by atoms with van der Waals surface area (Å²) in [6.45, 7) is 2.83. The van der Waals surface area contributed by atoms with Crippen LogP contribution in [0.3, 0.4) is 0 Å². The van der Waals surface area contributed by atoms with Crippen LogP contribution in [0.4, 0.5) is 5.69 Å². The van der Waals surface area contributed by atoms with Gasteiger partial charge in [0, 0.05) is 13.1 Å². The molecule has 3 nitrogen and oxygen atoms in total. The topological polar surface area (TPSA) is 33.3 Å². The van der Waals surface area contributed by atoms with Crippen molar-refractivity contribution in [3.05, 3.63) is 36.5 Å². The zero-order valence-corrected chi connectivity index (χ0v) is 8.70. The van der Waals surface area contributed by atoms with E-state index in [2.05, 4.69) is 16.7 Å². The minimum Gasteiger partial charge on any atom is -0.490 e. The fourth-order valence-corrected chi connectivity index (χ4v) is 1.50. The van der Waals surface area contributed by atoms with Crippen molar-refractivity contribution in [2.24, 2.45) is 0 Å². The van der Waals surface area contributed by atoms with Crippen LogP contribution < -0.4 is 15.4 Å². The van der Waals surface area contributed by atoms with Crippen molar-refractivity contribution in [2.45, 2.75) is 6.42 Å². The lowest BCUT2D eigenvalue weighted by molar-refractivity contribution is 0.323. The number of nitrogens with one attached hydrogen (secondary N) is 2. The van der Waals surface area contributed by atoms with Gasteiger partial charge in [-0.25, -0.2) is 0 Å². The van der Waals surface area contributed by atoms with Crippen LogP contribution in [0.5, 0.6) is 5.75 Å². The molecule has 15 heavy (non-hydrogen) atoms. The molecule has 2 aliphatic heterocycles. The van der Waals surface area contributed by atoms with E-state index in [0.717, 1.165) is 31.1 Å². The third kappa shape index (κ3) is 2.91. The Morgan fingerprint density at radius 2 is 2.07 bits per heavy atom. The van der Waals surface area contributed by atoms with Gasteiger partial charge in [-0.1, -0.05) is 18.2 Å². The van der Waals surface area contributed by atoms with Crippen molar-refractivity contribution in [1.82, 2.24) is 5.32 Å². The first-order valence-corrected chi connectivity index (χ1v) is 5.31. The van der Waals surface area contributed by atoms with E-state index in [4.69, 9.17) is 4.74 Å². The molecule has 0 fully saturated rings. The summed E-state index contributed by atoms with van der Waals surface area (Å²) in [6, 6.07) is 7.97. The Bertz CT molecular complexity index is 305. The molecule has 0 atom stereocenters. The van der Waals surface area contributed by atoms with E-state index >= 15 is 0 Å². The van der Waals surface area contributed by atoms with Crippen LogP contribution >= 0.6 is 0 Å². The summed E-state index contributed by atoms with van der Waals surface area (Å²) in [6.07, 6.45) is 5.32. The molecule has 0 aliphatic carbocycles. The summed E-state index contributed by atoms with van der Waals surface area (Å²) in [5, 5.41) is 6.28. The first-order valence-electron chi connectivity index (χ1n) is 5.31. The number of fused-ring (bicyclic) bond motifs is 1. The van der Waals surface area contributed by atoms with Crippen molar-refractivity contribution in [1.29, 1.82) is 0 Å². The highest BCUT2D eigenvalue weighted by Crippen LogP contribution is 2.25. The van der Waals surface area contributed by atoms with Gasteiger partial charge in [-0.3, -0.25) is 0 Å². The first-order chi connectivity index (χ1) is 7.47. The Morgan fingerprint density at radius 1 is 1.13 bits per heavy atom. The van der Waals surface area contributed by atoms with Gasteiger partial charge in [0.15, 0.2) is 0 Å². The number of benzene rings is 1. The van der Waals surface area contributed by atoms with Crippen molar-refractivity contribution < 1.29 is 4.74 Å². The van der Waals surface area contributed by atoms with E-state index in [1.54, 1.807) is 0 Å². The molecule has 0 unspecified atom stereocenters. The fraction of sp³-hybridized carbons (Fsp3) is 0.333. The maximum atomic E-state index is 5.36. The number of ether oxygens (including phenoxy) is 1. The highest BCUT2D eigenvalue weighted by molar-refractivity contribution is 5.57. The molecule has 1 aromatic carbocycles. The average Bonchev–Trinajstić information content (AvgIpc) is 2.88. The molecule has 0 radical (unpaired) electrons. The summed E-state index contributed by atoms with van der Waals surface area (Å²) in [4.78, 5) is 0. The van der Waals surface area contributed by atoms with Crippen molar-refractivity contribution in [3.63, 3.8) is 0 Å². The summed E-state index contributed by atoms with van der Waals surface area (Å²) < 4.78 is 5.36. The quantitative estimate of drug-likeness (QED) is 0.678. The van der Waals surface area contributed by atoms with Gasteiger partial charge in [0.05, 0.1) is 5.69 Å². The van der Waals surface area contributed by atoms with Gasteiger partial charge >= 0.3 is 0 Å². The van der Waals surface area contributed by atoms with Gasteiger partial charge in [-0.15, -0.1) is 0 Å². The van der Waals surface area contributed by atoms with Crippen LogP contribution in [0.25, 0.3) is 0 Å². The van der Waals surface area contributed by atoms with E-state index in [-0.39, 0.29) is 0 Å². The molecule has 0 aromatic heterocycles. The Labute approximate surface area is 90.1 Å². The summed E-state index contributed by atoms with van der Waals surface area (Å²) in [5.41, 5.74) is 1.11. The van der Waals surface area contributed by atoms with Crippen LogP contribution in [-0.2, 0) is 0 Å². The summed E-state index contributed by atoms with van der Waals surface area (Å²) in [5.74, 6) is 0.966. The van der Waals surface area contributed by atoms with Crippen LogP contribution in [0.2, 0.25) is 0 Å². The van der Waals surface area contributed by atoms with Gasteiger partial charge in [0.25, 0.3) is 0 Å². The number of rotatable bonds is 0. The molecule has 2 N–H and O–H groups in total. The molecule has 3 rings (SSSR count). The van der Waals surface area contributed by atoms with Gasteiger partial charge < -0.3 is 15.4 Å². The lowest BCUT2D eigenvalue weighted by atomic mass is 10.3. The van der Waals surface area contributed by atoms with Gasteiger partial charge in [-0.2, -0.15) is 0 Å². The molecule has 2 heterocycles. The second-order valence-corrected chi connectivity index (χ2v) is 3.42. The largest absolute Gasteiger partial charge is 0.490 e. The summed E-state index contributed by atoms with van der Waals surface area (Å²) >= 11 is 0. The lowest BCUT2D eigenvalue weighted by Crippen LogP contribution is -2.17. The smallest absolute Gasteiger partial charge is 0.142 e. The van der Waals surface area contributed by atoms with Crippen LogP contribution in [0.15, 0.2) is 36.5 Å². The van der Waals surface area contributed by atoms with Crippen molar-refractivity contribution >= 4 is 5.69 Å². The van der Waals surface area contributed by atoms with Crippen molar-refractivity contribution in [3.8, 4) is 5.75 Å². The zero-order valence-electron chi connectivity index (χ0n) is 8.70. The molecular formula is C12H16N2O. The number of hydrogen-bond acceptors (Lipinski definition) is 3. The molecule has 0 spiro atoms. The van der Waals surface area contributed by atoms with E-state index < -0.39 is 0 Å². The minimum atomic E-state index is 0.775. The zero-order chi connectivity index (χ0) is 10.3. The Hall–Kier alpha value is -1.64. The van der Waals surface area contributed by atoms with Gasteiger partial charge in [-0.05, 0) is 24.8 Å². The number of para-hydroxylation sites is 2. The van der Waals surface area contributed by atoms with Gasteiger partial charge in [0.2, 0.25) is 0 Å². The Kier molecular flexibility index (Phi) is 3.49. The molecule has 0 bridgehead atoms. The molecule has 0 saturated heterocycles. The predicted molar refractivity (Wildman–Crippen MR) is 62.2 cm³/mol. The summed E-state index contributed by atoms with van der Waals surface area (Å²) in [7, 11) is 0. The highest BCUT2D eigenvalue weighted by atomic mass is 16.5. The molecule has 0 amide bonds. The molecular weight excluding hydrogens is 188 g/mol. The molecule has 2 aliphatic rings. The van der Waals surface area contributed by atoms with Gasteiger partial charge in [0.1, 0.15) is 12.4 Å². The predicted octanol–water partition coefficient (Wildman–Crippen LogP) is 1.98. The number of anilines is 1. The third-order valence-electron chi connectivity index (χ3n) is 2.25. The highest BCUT2D eigenvalue weighted by Gasteiger charge is 2.05. The standard InChI is InChI=1S/C8H9NO.C4H7N/c1-2-4-8-7(3-1)9-5-6-10-8;1-2-4-5-3-1/h1-4,9H,5-6H2;1,3,5H,2,4H2. The SMILES string of the molecule is C1=CNCC1.c1ccc2c(c1)NCCO2. The lowest BCUT2D eigenvalue weighted by Gasteiger charge is -2.17. The monoisotopic (exact) mass is 204 g/mol. The Morgan fingerprint density at radius 3 is 2.73 bits per heavy atom. The molecule has 1 aromatic rings. The minimum absolute atomic E-state index is 0.775.